The van der Waals surface area contributed by atoms with Gasteiger partial charge < -0.3 is 10.2 Å². The van der Waals surface area contributed by atoms with Gasteiger partial charge in [-0.05, 0) is 77.8 Å². The summed E-state index contributed by atoms with van der Waals surface area (Å²) >= 11 is 0. The SMILES string of the molecule is CCN1CCCC1CN(C)CCC1CCCNC1. The van der Waals surface area contributed by atoms with E-state index in [1.165, 1.54) is 71.4 Å². The van der Waals surface area contributed by atoms with E-state index in [2.05, 4.69) is 29.1 Å². The monoisotopic (exact) mass is 253 g/mol. The summed E-state index contributed by atoms with van der Waals surface area (Å²) in [5.41, 5.74) is 0. The Labute approximate surface area is 113 Å². The van der Waals surface area contributed by atoms with E-state index in [-0.39, 0.29) is 0 Å². The van der Waals surface area contributed by atoms with Crippen LogP contribution in [-0.2, 0) is 0 Å². The predicted octanol–water partition coefficient (Wildman–Crippen LogP) is 1.79. The second-order valence-electron chi connectivity index (χ2n) is 6.19. The molecule has 18 heavy (non-hydrogen) atoms. The first-order chi connectivity index (χ1) is 8.79. The highest BCUT2D eigenvalue weighted by Crippen LogP contribution is 2.18. The van der Waals surface area contributed by atoms with Crippen LogP contribution >= 0.6 is 0 Å². The van der Waals surface area contributed by atoms with E-state index in [4.69, 9.17) is 0 Å². The van der Waals surface area contributed by atoms with E-state index >= 15 is 0 Å². The normalized spacial score (nSPS) is 30.2. The fourth-order valence-corrected chi connectivity index (χ4v) is 3.54. The van der Waals surface area contributed by atoms with Gasteiger partial charge in [-0.25, -0.2) is 0 Å². The summed E-state index contributed by atoms with van der Waals surface area (Å²) in [7, 11) is 2.31. The number of likely N-dealkylation sites (tertiary alicyclic amines) is 1. The highest BCUT2D eigenvalue weighted by atomic mass is 15.2. The quantitative estimate of drug-likeness (QED) is 0.778. The van der Waals surface area contributed by atoms with Crippen LogP contribution in [0.15, 0.2) is 0 Å². The van der Waals surface area contributed by atoms with Crippen molar-refractivity contribution in [1.82, 2.24) is 15.1 Å². The van der Waals surface area contributed by atoms with Crippen molar-refractivity contribution >= 4 is 0 Å². The van der Waals surface area contributed by atoms with E-state index < -0.39 is 0 Å². The minimum Gasteiger partial charge on any atom is -0.316 e. The molecule has 0 aromatic carbocycles. The predicted molar refractivity (Wildman–Crippen MR) is 78.0 cm³/mol. The third kappa shape index (κ3) is 4.22. The molecule has 2 unspecified atom stereocenters. The summed E-state index contributed by atoms with van der Waals surface area (Å²) in [5.74, 6) is 0.923. The van der Waals surface area contributed by atoms with Gasteiger partial charge in [-0.1, -0.05) is 6.92 Å². The lowest BCUT2D eigenvalue weighted by atomic mass is 9.96. The van der Waals surface area contributed by atoms with Gasteiger partial charge in [-0.15, -0.1) is 0 Å². The summed E-state index contributed by atoms with van der Waals surface area (Å²) in [4.78, 5) is 5.21. The van der Waals surface area contributed by atoms with Crippen LogP contribution in [-0.4, -0.2) is 62.2 Å². The molecule has 0 bridgehead atoms. The number of nitrogens with zero attached hydrogens (tertiary/aromatic N) is 2. The van der Waals surface area contributed by atoms with Crippen molar-refractivity contribution < 1.29 is 0 Å². The van der Waals surface area contributed by atoms with E-state index in [0.29, 0.717) is 0 Å². The van der Waals surface area contributed by atoms with Crippen LogP contribution in [0.3, 0.4) is 0 Å². The number of piperidine rings is 1. The molecule has 2 heterocycles. The Morgan fingerprint density at radius 2 is 2.17 bits per heavy atom. The van der Waals surface area contributed by atoms with Gasteiger partial charge in [0.15, 0.2) is 0 Å². The van der Waals surface area contributed by atoms with E-state index in [9.17, 15) is 0 Å². The van der Waals surface area contributed by atoms with Gasteiger partial charge in [-0.2, -0.15) is 0 Å². The average Bonchev–Trinajstić information content (AvgIpc) is 2.85. The maximum atomic E-state index is 3.52. The van der Waals surface area contributed by atoms with Crippen LogP contribution < -0.4 is 5.32 Å². The summed E-state index contributed by atoms with van der Waals surface area (Å²) in [6.07, 6.45) is 7.00. The van der Waals surface area contributed by atoms with Gasteiger partial charge in [0.25, 0.3) is 0 Å². The number of hydrogen-bond donors (Lipinski definition) is 1. The van der Waals surface area contributed by atoms with Crippen molar-refractivity contribution in [3.8, 4) is 0 Å². The van der Waals surface area contributed by atoms with Crippen molar-refractivity contribution in [1.29, 1.82) is 0 Å². The lowest BCUT2D eigenvalue weighted by molar-refractivity contribution is 0.188. The zero-order chi connectivity index (χ0) is 12.8. The molecule has 106 valence electrons. The molecule has 2 rings (SSSR count). The van der Waals surface area contributed by atoms with Crippen LogP contribution in [0.4, 0.5) is 0 Å². The van der Waals surface area contributed by atoms with Crippen LogP contribution in [0.1, 0.15) is 39.0 Å². The third-order valence-electron chi connectivity index (χ3n) is 4.75. The van der Waals surface area contributed by atoms with Crippen LogP contribution in [0.25, 0.3) is 0 Å². The van der Waals surface area contributed by atoms with Crippen molar-refractivity contribution in [2.45, 2.75) is 45.1 Å². The van der Waals surface area contributed by atoms with Gasteiger partial charge >= 0.3 is 0 Å². The minimum atomic E-state index is 0.824. The zero-order valence-corrected chi connectivity index (χ0v) is 12.3. The number of rotatable bonds is 6. The smallest absolute Gasteiger partial charge is 0.0223 e. The molecule has 0 aromatic heterocycles. The first-order valence-electron chi connectivity index (χ1n) is 7.93. The summed E-state index contributed by atoms with van der Waals surface area (Å²) in [6, 6.07) is 0.824. The van der Waals surface area contributed by atoms with Crippen molar-refractivity contribution in [3.63, 3.8) is 0 Å². The average molecular weight is 253 g/mol. The molecule has 3 heteroatoms. The molecule has 2 aliphatic rings. The molecular weight excluding hydrogens is 222 g/mol. The Bertz CT molecular complexity index is 226. The molecule has 0 amide bonds. The standard InChI is InChI=1S/C15H31N3/c1-3-18-10-5-7-15(18)13-17(2)11-8-14-6-4-9-16-12-14/h14-16H,3-13H2,1-2H3. The highest BCUT2D eigenvalue weighted by Gasteiger charge is 2.24. The van der Waals surface area contributed by atoms with Crippen molar-refractivity contribution in [3.05, 3.63) is 0 Å². The molecule has 0 spiro atoms. The largest absolute Gasteiger partial charge is 0.316 e. The molecular formula is C15H31N3. The Kier molecular flexibility index (Phi) is 5.93. The molecule has 0 aliphatic carbocycles. The lowest BCUT2D eigenvalue weighted by Crippen LogP contribution is -2.40. The second-order valence-corrected chi connectivity index (χ2v) is 6.19. The van der Waals surface area contributed by atoms with Gasteiger partial charge in [0.05, 0.1) is 0 Å². The molecule has 0 aromatic rings. The molecule has 2 aliphatic heterocycles. The summed E-state index contributed by atoms with van der Waals surface area (Å²) in [6.45, 7) is 9.88. The Morgan fingerprint density at radius 1 is 1.28 bits per heavy atom. The van der Waals surface area contributed by atoms with Gasteiger partial charge in [0, 0.05) is 12.6 Å². The minimum absolute atomic E-state index is 0.824. The summed E-state index contributed by atoms with van der Waals surface area (Å²) < 4.78 is 0. The molecule has 1 N–H and O–H groups in total. The van der Waals surface area contributed by atoms with Gasteiger partial charge in [0.2, 0.25) is 0 Å². The zero-order valence-electron chi connectivity index (χ0n) is 12.3. The molecule has 0 radical (unpaired) electrons. The maximum absolute atomic E-state index is 3.52. The summed E-state index contributed by atoms with van der Waals surface area (Å²) in [5, 5.41) is 3.52. The fraction of sp³-hybridized carbons (Fsp3) is 1.00. The Balaban J connectivity index is 1.63. The van der Waals surface area contributed by atoms with Crippen LogP contribution in [0.2, 0.25) is 0 Å². The first kappa shape index (κ1) is 14.3. The Morgan fingerprint density at radius 3 is 2.89 bits per heavy atom. The van der Waals surface area contributed by atoms with Crippen molar-refractivity contribution in [2.75, 3.05) is 46.3 Å². The Hall–Kier alpha value is -0.120. The fourth-order valence-electron chi connectivity index (χ4n) is 3.54. The lowest BCUT2D eigenvalue weighted by Gasteiger charge is -2.29. The molecule has 2 atom stereocenters. The van der Waals surface area contributed by atoms with Crippen LogP contribution in [0, 0.1) is 5.92 Å². The topological polar surface area (TPSA) is 18.5 Å². The van der Waals surface area contributed by atoms with E-state index in [1.807, 2.05) is 0 Å². The molecule has 2 saturated heterocycles. The first-order valence-corrected chi connectivity index (χ1v) is 7.93. The number of hydrogen-bond acceptors (Lipinski definition) is 3. The highest BCUT2D eigenvalue weighted by molar-refractivity contribution is 4.81. The van der Waals surface area contributed by atoms with Crippen LogP contribution in [0.5, 0.6) is 0 Å². The molecule has 3 nitrogen and oxygen atoms in total. The maximum Gasteiger partial charge on any atom is 0.0223 e. The number of likely N-dealkylation sites (N-methyl/N-ethyl adjacent to an activating group) is 2. The van der Waals surface area contributed by atoms with Gasteiger partial charge in [-0.3, -0.25) is 4.90 Å². The van der Waals surface area contributed by atoms with Gasteiger partial charge in [0.1, 0.15) is 0 Å². The molecule has 0 saturated carbocycles. The molecule has 2 fully saturated rings. The van der Waals surface area contributed by atoms with E-state index in [0.717, 1.165) is 12.0 Å². The van der Waals surface area contributed by atoms with E-state index in [1.54, 1.807) is 0 Å². The second kappa shape index (κ2) is 7.46. The van der Waals surface area contributed by atoms with Crippen molar-refractivity contribution in [2.24, 2.45) is 5.92 Å². The third-order valence-corrected chi connectivity index (χ3v) is 4.75. The number of nitrogens with one attached hydrogen (secondary N) is 1.